The van der Waals surface area contributed by atoms with E-state index in [0.717, 1.165) is 15.6 Å². The number of carbonyl (C=O) groups excluding carboxylic acids is 1. The zero-order chi connectivity index (χ0) is 16.8. The van der Waals surface area contributed by atoms with Crippen LogP contribution in [0.2, 0.25) is 0 Å². The number of hydrogen-bond donors (Lipinski definition) is 1. The zero-order valence-electron chi connectivity index (χ0n) is 13.1. The van der Waals surface area contributed by atoms with Crippen LogP contribution in [0.3, 0.4) is 0 Å². The molecule has 0 aromatic heterocycles. The first-order valence-electron chi connectivity index (χ1n) is 6.86. The monoisotopic (exact) mass is 376 g/mol. The van der Waals surface area contributed by atoms with Gasteiger partial charge in [0.25, 0.3) is 5.91 Å². The van der Waals surface area contributed by atoms with Gasteiger partial charge in [-0.1, -0.05) is 22.0 Å². The molecule has 0 radical (unpaired) electrons. The molecule has 2 aromatic carbocycles. The fourth-order valence-electron chi connectivity index (χ4n) is 1.88. The molecule has 2 rings (SSSR count). The van der Waals surface area contributed by atoms with Crippen LogP contribution < -0.4 is 14.9 Å². The Bertz CT molecular complexity index is 745. The molecular formula is C17H17BrN2O3. The number of benzene rings is 2. The van der Waals surface area contributed by atoms with Crippen LogP contribution in [0.15, 0.2) is 46.0 Å². The standard InChI is InChI=1S/C17H17BrN2O3/c1-11-4-5-12(8-15(11)18)17(21)20-19-10-13-6-7-14(22-2)9-16(13)23-3/h4-10H,1-3H3,(H,20,21)/b19-10+. The summed E-state index contributed by atoms with van der Waals surface area (Å²) in [6.07, 6.45) is 1.53. The Morgan fingerprint density at radius 2 is 1.96 bits per heavy atom. The van der Waals surface area contributed by atoms with Crippen LogP contribution in [0.1, 0.15) is 21.5 Å². The number of rotatable bonds is 5. The lowest BCUT2D eigenvalue weighted by Gasteiger charge is -2.07. The lowest BCUT2D eigenvalue weighted by Crippen LogP contribution is -2.17. The number of ether oxygens (including phenoxy) is 2. The van der Waals surface area contributed by atoms with Gasteiger partial charge in [-0.15, -0.1) is 0 Å². The molecule has 1 amide bonds. The van der Waals surface area contributed by atoms with E-state index in [0.29, 0.717) is 17.1 Å². The first-order chi connectivity index (χ1) is 11.0. The summed E-state index contributed by atoms with van der Waals surface area (Å²) in [7, 11) is 3.15. The molecule has 120 valence electrons. The van der Waals surface area contributed by atoms with Crippen molar-refractivity contribution >= 4 is 28.1 Å². The van der Waals surface area contributed by atoms with Crippen molar-refractivity contribution in [3.05, 3.63) is 57.6 Å². The molecule has 0 aliphatic heterocycles. The Kier molecular flexibility index (Phi) is 5.76. The quantitative estimate of drug-likeness (QED) is 0.641. The molecule has 0 spiro atoms. The smallest absolute Gasteiger partial charge is 0.271 e. The van der Waals surface area contributed by atoms with Gasteiger partial charge in [-0.25, -0.2) is 5.43 Å². The summed E-state index contributed by atoms with van der Waals surface area (Å²) in [5, 5.41) is 3.97. The highest BCUT2D eigenvalue weighted by molar-refractivity contribution is 9.10. The van der Waals surface area contributed by atoms with E-state index in [-0.39, 0.29) is 5.91 Å². The van der Waals surface area contributed by atoms with E-state index in [2.05, 4.69) is 26.5 Å². The predicted octanol–water partition coefficient (Wildman–Crippen LogP) is 3.54. The maximum Gasteiger partial charge on any atom is 0.271 e. The van der Waals surface area contributed by atoms with E-state index in [9.17, 15) is 4.79 Å². The average Bonchev–Trinajstić information content (AvgIpc) is 2.57. The Morgan fingerprint density at radius 3 is 2.61 bits per heavy atom. The van der Waals surface area contributed by atoms with Gasteiger partial charge in [0.15, 0.2) is 0 Å². The summed E-state index contributed by atoms with van der Waals surface area (Å²) in [5.74, 6) is 1.02. The number of halogens is 1. The Morgan fingerprint density at radius 1 is 1.17 bits per heavy atom. The number of aryl methyl sites for hydroxylation is 1. The fourth-order valence-corrected chi connectivity index (χ4v) is 2.26. The van der Waals surface area contributed by atoms with E-state index in [1.165, 1.54) is 6.21 Å². The van der Waals surface area contributed by atoms with Gasteiger partial charge in [0.2, 0.25) is 0 Å². The molecule has 0 fully saturated rings. The minimum absolute atomic E-state index is 0.283. The van der Waals surface area contributed by atoms with Gasteiger partial charge < -0.3 is 9.47 Å². The van der Waals surface area contributed by atoms with Crippen LogP contribution in [0, 0.1) is 6.92 Å². The Balaban J connectivity index is 2.09. The number of nitrogens with zero attached hydrogens (tertiary/aromatic N) is 1. The third kappa shape index (κ3) is 4.32. The highest BCUT2D eigenvalue weighted by Gasteiger charge is 2.06. The summed E-state index contributed by atoms with van der Waals surface area (Å²) in [6, 6.07) is 10.7. The van der Waals surface area contributed by atoms with Crippen molar-refractivity contribution in [2.45, 2.75) is 6.92 Å². The molecule has 0 aliphatic rings. The van der Waals surface area contributed by atoms with Crippen LogP contribution in [-0.4, -0.2) is 26.3 Å². The number of carbonyl (C=O) groups is 1. The lowest BCUT2D eigenvalue weighted by molar-refractivity contribution is 0.0955. The normalized spacial score (nSPS) is 10.6. The van der Waals surface area contributed by atoms with Gasteiger partial charge >= 0.3 is 0 Å². The van der Waals surface area contributed by atoms with Crippen LogP contribution in [-0.2, 0) is 0 Å². The summed E-state index contributed by atoms with van der Waals surface area (Å²) in [6.45, 7) is 1.96. The van der Waals surface area contributed by atoms with Gasteiger partial charge in [-0.05, 0) is 36.8 Å². The third-order valence-corrected chi connectivity index (χ3v) is 4.10. The predicted molar refractivity (Wildman–Crippen MR) is 93.5 cm³/mol. The second kappa shape index (κ2) is 7.78. The summed E-state index contributed by atoms with van der Waals surface area (Å²) >= 11 is 3.40. The van der Waals surface area contributed by atoms with Crippen molar-refractivity contribution in [2.75, 3.05) is 14.2 Å². The molecule has 0 atom stereocenters. The number of nitrogens with one attached hydrogen (secondary N) is 1. The highest BCUT2D eigenvalue weighted by atomic mass is 79.9. The van der Waals surface area contributed by atoms with Gasteiger partial charge in [0.1, 0.15) is 11.5 Å². The summed E-state index contributed by atoms with van der Waals surface area (Å²) in [4.78, 5) is 12.1. The number of hydrogen-bond acceptors (Lipinski definition) is 4. The topological polar surface area (TPSA) is 59.9 Å². The number of methoxy groups -OCH3 is 2. The molecule has 1 N–H and O–H groups in total. The van der Waals surface area contributed by atoms with Crippen molar-refractivity contribution in [3.8, 4) is 11.5 Å². The van der Waals surface area contributed by atoms with Gasteiger partial charge in [-0.2, -0.15) is 5.10 Å². The fraction of sp³-hybridized carbons (Fsp3) is 0.176. The number of amides is 1. The average molecular weight is 377 g/mol. The molecule has 23 heavy (non-hydrogen) atoms. The maximum atomic E-state index is 12.1. The second-order valence-corrected chi connectivity index (χ2v) is 5.63. The molecule has 2 aromatic rings. The van der Waals surface area contributed by atoms with Gasteiger partial charge in [0.05, 0.1) is 20.4 Å². The van der Waals surface area contributed by atoms with Crippen LogP contribution >= 0.6 is 15.9 Å². The molecule has 5 nitrogen and oxygen atoms in total. The number of hydrazone groups is 1. The molecule has 0 unspecified atom stereocenters. The van der Waals surface area contributed by atoms with Crippen LogP contribution in [0.5, 0.6) is 11.5 Å². The summed E-state index contributed by atoms with van der Waals surface area (Å²) in [5.41, 5.74) is 4.82. The second-order valence-electron chi connectivity index (χ2n) is 4.77. The molecule has 0 saturated heterocycles. The first kappa shape index (κ1) is 17.0. The lowest BCUT2D eigenvalue weighted by atomic mass is 10.1. The highest BCUT2D eigenvalue weighted by Crippen LogP contribution is 2.23. The third-order valence-electron chi connectivity index (χ3n) is 3.24. The van der Waals surface area contributed by atoms with E-state index in [1.54, 1.807) is 44.6 Å². The van der Waals surface area contributed by atoms with E-state index in [4.69, 9.17) is 9.47 Å². The minimum atomic E-state index is -0.283. The Labute approximate surface area is 143 Å². The molecule has 0 saturated carbocycles. The van der Waals surface area contributed by atoms with Crippen LogP contribution in [0.25, 0.3) is 0 Å². The molecule has 6 heteroatoms. The molecule has 0 heterocycles. The Hall–Kier alpha value is -2.34. The van der Waals surface area contributed by atoms with Crippen LogP contribution in [0.4, 0.5) is 0 Å². The van der Waals surface area contributed by atoms with E-state index in [1.807, 2.05) is 13.0 Å². The van der Waals surface area contributed by atoms with E-state index >= 15 is 0 Å². The van der Waals surface area contributed by atoms with E-state index < -0.39 is 0 Å². The zero-order valence-corrected chi connectivity index (χ0v) is 14.7. The molecular weight excluding hydrogens is 360 g/mol. The van der Waals surface area contributed by atoms with Gasteiger partial charge in [-0.3, -0.25) is 4.79 Å². The SMILES string of the molecule is COc1ccc(/C=N/NC(=O)c2ccc(C)c(Br)c2)c(OC)c1. The molecule has 0 bridgehead atoms. The van der Waals surface area contributed by atoms with Crippen molar-refractivity contribution < 1.29 is 14.3 Å². The maximum absolute atomic E-state index is 12.1. The van der Waals surface area contributed by atoms with Crippen molar-refractivity contribution in [3.63, 3.8) is 0 Å². The summed E-state index contributed by atoms with van der Waals surface area (Å²) < 4.78 is 11.3. The van der Waals surface area contributed by atoms with Crippen molar-refractivity contribution in [1.82, 2.24) is 5.43 Å². The first-order valence-corrected chi connectivity index (χ1v) is 7.66. The largest absolute Gasteiger partial charge is 0.497 e. The minimum Gasteiger partial charge on any atom is -0.497 e. The molecule has 0 aliphatic carbocycles. The van der Waals surface area contributed by atoms with Crippen molar-refractivity contribution in [2.24, 2.45) is 5.10 Å². The van der Waals surface area contributed by atoms with Gasteiger partial charge in [0, 0.05) is 21.7 Å². The van der Waals surface area contributed by atoms with Crippen molar-refractivity contribution in [1.29, 1.82) is 0 Å².